The molecule has 112 valence electrons. The molecule has 2 N–H and O–H groups in total. The molecule has 1 aromatic carbocycles. The average molecular weight is 278 g/mol. The fourth-order valence-corrected chi connectivity index (χ4v) is 3.03. The van der Waals surface area contributed by atoms with E-state index in [-0.39, 0.29) is 12.1 Å². The summed E-state index contributed by atoms with van der Waals surface area (Å²) < 4.78 is 11.2. The standard InChI is InChI=1S/C16H26N2O2/c1-4-7-18-8-9-20-15(11-17)16(18)13-5-6-14(19-3)12(2)10-13/h5-6,10,15-16H,4,7-9,11,17H2,1-3H3. The molecule has 0 saturated carbocycles. The topological polar surface area (TPSA) is 47.7 Å². The first-order valence-corrected chi connectivity index (χ1v) is 7.41. The summed E-state index contributed by atoms with van der Waals surface area (Å²) in [7, 11) is 1.71. The Balaban J connectivity index is 2.30. The normalized spacial score (nSPS) is 23.8. The molecule has 1 aliphatic heterocycles. The van der Waals surface area contributed by atoms with Crippen LogP contribution in [0.1, 0.15) is 30.5 Å². The number of morpholine rings is 1. The summed E-state index contributed by atoms with van der Waals surface area (Å²) in [6.07, 6.45) is 1.21. The second kappa shape index (κ2) is 7.07. The maximum absolute atomic E-state index is 5.91. The smallest absolute Gasteiger partial charge is 0.121 e. The van der Waals surface area contributed by atoms with E-state index >= 15 is 0 Å². The quantitative estimate of drug-likeness (QED) is 0.896. The van der Waals surface area contributed by atoms with Gasteiger partial charge in [0, 0.05) is 13.1 Å². The molecule has 0 aliphatic carbocycles. The first-order chi connectivity index (χ1) is 9.71. The lowest BCUT2D eigenvalue weighted by Gasteiger charge is -2.41. The minimum absolute atomic E-state index is 0.0723. The number of methoxy groups -OCH3 is 1. The highest BCUT2D eigenvalue weighted by Gasteiger charge is 2.32. The van der Waals surface area contributed by atoms with Crippen LogP contribution >= 0.6 is 0 Å². The van der Waals surface area contributed by atoms with Gasteiger partial charge in [0.15, 0.2) is 0 Å². The number of hydrogen-bond donors (Lipinski definition) is 1. The van der Waals surface area contributed by atoms with E-state index in [1.54, 1.807) is 7.11 Å². The lowest BCUT2D eigenvalue weighted by atomic mass is 9.96. The fraction of sp³-hybridized carbons (Fsp3) is 0.625. The van der Waals surface area contributed by atoms with Crippen molar-refractivity contribution in [2.45, 2.75) is 32.4 Å². The van der Waals surface area contributed by atoms with Gasteiger partial charge in [-0.15, -0.1) is 0 Å². The third kappa shape index (κ3) is 3.14. The monoisotopic (exact) mass is 278 g/mol. The number of ether oxygens (including phenoxy) is 2. The molecule has 1 heterocycles. The van der Waals surface area contributed by atoms with Crippen molar-refractivity contribution in [2.75, 3.05) is 33.4 Å². The maximum Gasteiger partial charge on any atom is 0.121 e. The molecule has 1 saturated heterocycles. The molecule has 20 heavy (non-hydrogen) atoms. The maximum atomic E-state index is 5.91. The lowest BCUT2D eigenvalue weighted by molar-refractivity contribution is -0.0676. The number of hydrogen-bond acceptors (Lipinski definition) is 4. The van der Waals surface area contributed by atoms with Crippen LogP contribution < -0.4 is 10.5 Å². The minimum atomic E-state index is 0.0723. The number of rotatable bonds is 5. The van der Waals surface area contributed by atoms with Gasteiger partial charge in [-0.05, 0) is 37.1 Å². The van der Waals surface area contributed by atoms with Crippen molar-refractivity contribution in [1.29, 1.82) is 0 Å². The Labute approximate surface area is 121 Å². The third-order valence-corrected chi connectivity index (χ3v) is 3.96. The number of nitrogens with two attached hydrogens (primary N) is 1. The van der Waals surface area contributed by atoms with Crippen LogP contribution in [0.15, 0.2) is 18.2 Å². The van der Waals surface area contributed by atoms with Crippen LogP contribution in [0.5, 0.6) is 5.75 Å². The van der Waals surface area contributed by atoms with E-state index in [0.717, 1.165) is 37.4 Å². The Kier molecular flexibility index (Phi) is 5.40. The minimum Gasteiger partial charge on any atom is -0.496 e. The van der Waals surface area contributed by atoms with E-state index < -0.39 is 0 Å². The third-order valence-electron chi connectivity index (χ3n) is 3.96. The highest BCUT2D eigenvalue weighted by Crippen LogP contribution is 2.32. The van der Waals surface area contributed by atoms with E-state index in [4.69, 9.17) is 15.2 Å². The lowest BCUT2D eigenvalue weighted by Crippen LogP contribution is -2.48. The molecule has 1 aromatic rings. The zero-order valence-corrected chi connectivity index (χ0v) is 12.8. The van der Waals surface area contributed by atoms with E-state index in [1.807, 2.05) is 6.07 Å². The van der Waals surface area contributed by atoms with Gasteiger partial charge < -0.3 is 15.2 Å². The Morgan fingerprint density at radius 3 is 2.85 bits per heavy atom. The van der Waals surface area contributed by atoms with Crippen LogP contribution in [0.25, 0.3) is 0 Å². The van der Waals surface area contributed by atoms with Crippen LogP contribution in [0, 0.1) is 6.92 Å². The summed E-state index contributed by atoms with van der Waals surface area (Å²) in [6, 6.07) is 6.62. The van der Waals surface area contributed by atoms with Crippen molar-refractivity contribution < 1.29 is 9.47 Å². The molecule has 0 aromatic heterocycles. The second-order valence-electron chi connectivity index (χ2n) is 5.35. The highest BCUT2D eigenvalue weighted by atomic mass is 16.5. The Hall–Kier alpha value is -1.10. The molecule has 4 heteroatoms. The Bertz CT molecular complexity index is 434. The van der Waals surface area contributed by atoms with E-state index in [1.165, 1.54) is 5.56 Å². The van der Waals surface area contributed by atoms with Crippen LogP contribution in [-0.4, -0.2) is 44.4 Å². The summed E-state index contributed by atoms with van der Waals surface area (Å²) in [4.78, 5) is 2.49. The van der Waals surface area contributed by atoms with Gasteiger partial charge in [0.05, 0.1) is 25.9 Å². The largest absolute Gasteiger partial charge is 0.496 e. The molecular weight excluding hydrogens is 252 g/mol. The zero-order chi connectivity index (χ0) is 14.5. The summed E-state index contributed by atoms with van der Waals surface area (Å²) in [5.74, 6) is 0.928. The summed E-state index contributed by atoms with van der Waals surface area (Å²) in [6.45, 7) is 7.66. The summed E-state index contributed by atoms with van der Waals surface area (Å²) in [5.41, 5.74) is 8.33. The van der Waals surface area contributed by atoms with Crippen LogP contribution in [0.3, 0.4) is 0 Å². The number of aryl methyl sites for hydroxylation is 1. The van der Waals surface area contributed by atoms with Gasteiger partial charge in [-0.3, -0.25) is 4.90 Å². The van der Waals surface area contributed by atoms with Crippen molar-refractivity contribution >= 4 is 0 Å². The predicted octanol–water partition coefficient (Wildman–Crippen LogP) is 2.11. The number of nitrogens with zero attached hydrogens (tertiary/aromatic N) is 1. The molecule has 0 bridgehead atoms. The average Bonchev–Trinajstić information content (AvgIpc) is 2.47. The van der Waals surface area contributed by atoms with Crippen LogP contribution in [0.4, 0.5) is 0 Å². The molecule has 2 unspecified atom stereocenters. The number of benzene rings is 1. The van der Waals surface area contributed by atoms with Crippen molar-refractivity contribution in [3.63, 3.8) is 0 Å². The van der Waals surface area contributed by atoms with Crippen LogP contribution in [-0.2, 0) is 4.74 Å². The van der Waals surface area contributed by atoms with Gasteiger partial charge >= 0.3 is 0 Å². The van der Waals surface area contributed by atoms with Gasteiger partial charge in [0.25, 0.3) is 0 Å². The molecule has 0 radical (unpaired) electrons. The van der Waals surface area contributed by atoms with Crippen molar-refractivity contribution in [1.82, 2.24) is 4.90 Å². The van der Waals surface area contributed by atoms with Crippen molar-refractivity contribution in [3.8, 4) is 5.75 Å². The SMILES string of the molecule is CCCN1CCOC(CN)C1c1ccc(OC)c(C)c1. The second-order valence-corrected chi connectivity index (χ2v) is 5.35. The van der Waals surface area contributed by atoms with Gasteiger partial charge in [-0.1, -0.05) is 19.1 Å². The van der Waals surface area contributed by atoms with Gasteiger partial charge in [-0.25, -0.2) is 0 Å². The highest BCUT2D eigenvalue weighted by molar-refractivity contribution is 5.38. The van der Waals surface area contributed by atoms with Gasteiger partial charge in [0.1, 0.15) is 5.75 Å². The first-order valence-electron chi connectivity index (χ1n) is 7.41. The molecule has 0 amide bonds. The zero-order valence-electron chi connectivity index (χ0n) is 12.8. The van der Waals surface area contributed by atoms with E-state index in [0.29, 0.717) is 6.54 Å². The predicted molar refractivity (Wildman–Crippen MR) is 81.1 cm³/mol. The molecule has 2 rings (SSSR count). The summed E-state index contributed by atoms with van der Waals surface area (Å²) >= 11 is 0. The molecule has 0 spiro atoms. The van der Waals surface area contributed by atoms with Crippen molar-refractivity contribution in [2.24, 2.45) is 5.73 Å². The van der Waals surface area contributed by atoms with E-state index in [2.05, 4.69) is 30.9 Å². The molecule has 1 fully saturated rings. The van der Waals surface area contributed by atoms with E-state index in [9.17, 15) is 0 Å². The molecule has 1 aliphatic rings. The van der Waals surface area contributed by atoms with Gasteiger partial charge in [0.2, 0.25) is 0 Å². The molecule has 2 atom stereocenters. The van der Waals surface area contributed by atoms with Crippen molar-refractivity contribution in [3.05, 3.63) is 29.3 Å². The Morgan fingerprint density at radius 2 is 2.25 bits per heavy atom. The summed E-state index contributed by atoms with van der Waals surface area (Å²) in [5, 5.41) is 0. The molecular formula is C16H26N2O2. The van der Waals surface area contributed by atoms with Crippen LogP contribution in [0.2, 0.25) is 0 Å². The first kappa shape index (κ1) is 15.3. The molecule has 4 nitrogen and oxygen atoms in total. The Morgan fingerprint density at radius 1 is 1.45 bits per heavy atom. The fourth-order valence-electron chi connectivity index (χ4n) is 3.03. The van der Waals surface area contributed by atoms with Gasteiger partial charge in [-0.2, -0.15) is 0 Å².